The van der Waals surface area contributed by atoms with Crippen LogP contribution in [0.4, 0.5) is 8.78 Å². The quantitative estimate of drug-likeness (QED) is 0.572. The molecule has 2 aromatic rings. The van der Waals surface area contributed by atoms with Crippen molar-refractivity contribution in [2.45, 2.75) is 24.4 Å². The molecule has 0 radical (unpaired) electrons. The van der Waals surface area contributed by atoms with Crippen LogP contribution in [-0.4, -0.2) is 50.5 Å². The molecule has 1 saturated carbocycles. The Morgan fingerprint density at radius 3 is 2.09 bits per heavy atom. The number of benzene rings is 2. The van der Waals surface area contributed by atoms with E-state index in [1.165, 1.54) is 50.5 Å². The predicted octanol–water partition coefficient (Wildman–Crippen LogP) is 1.52. The van der Waals surface area contributed by atoms with E-state index < -0.39 is 42.8 Å². The lowest BCUT2D eigenvalue weighted by atomic mass is 10.2. The van der Waals surface area contributed by atoms with Crippen LogP contribution in [0.5, 0.6) is 0 Å². The topological polar surface area (TPSA) is 111 Å². The third-order valence-electron chi connectivity index (χ3n) is 5.44. The number of hydrazine groups is 1. The predicted molar refractivity (Wildman–Crippen MR) is 118 cm³/mol. The summed E-state index contributed by atoms with van der Waals surface area (Å²) in [5.41, 5.74) is 3.38. The van der Waals surface area contributed by atoms with Crippen LogP contribution < -0.4 is 10.1 Å². The second-order valence-corrected chi connectivity index (χ2v) is 11.9. The first-order valence-corrected chi connectivity index (χ1v) is 12.9. The Morgan fingerprint density at radius 2 is 1.58 bits per heavy atom. The van der Waals surface area contributed by atoms with E-state index in [4.69, 9.17) is 0 Å². The van der Waals surface area contributed by atoms with E-state index in [-0.39, 0.29) is 17.9 Å². The molecule has 1 atom stereocenters. The SMILES string of the molecule is CN(C)S(=O)(=O)N1NC(C2CC2)(S(=O)(=O)NCc2ccc(F)cc2)N=C1c1ccc(F)cc1. The number of hydrogen-bond donors (Lipinski definition) is 2. The number of aliphatic imine (C=N–C) groups is 1. The Bertz CT molecular complexity index is 1280. The molecule has 0 aromatic heterocycles. The van der Waals surface area contributed by atoms with Gasteiger partial charge in [0.15, 0.2) is 5.84 Å². The summed E-state index contributed by atoms with van der Waals surface area (Å²) in [6.45, 7) is -0.138. The first-order chi connectivity index (χ1) is 15.5. The molecule has 1 unspecified atom stereocenters. The summed E-state index contributed by atoms with van der Waals surface area (Å²) in [4.78, 5) is 2.42. The fraction of sp³-hybridized carbons (Fsp3) is 0.350. The summed E-state index contributed by atoms with van der Waals surface area (Å²) < 4.78 is 83.8. The van der Waals surface area contributed by atoms with Crippen LogP contribution in [0.1, 0.15) is 24.0 Å². The van der Waals surface area contributed by atoms with Crippen LogP contribution >= 0.6 is 0 Å². The van der Waals surface area contributed by atoms with E-state index in [0.29, 0.717) is 18.4 Å². The third kappa shape index (κ3) is 4.38. The van der Waals surface area contributed by atoms with Gasteiger partial charge in [0, 0.05) is 32.1 Å². The van der Waals surface area contributed by atoms with Crippen LogP contribution in [0.15, 0.2) is 53.5 Å². The maximum atomic E-state index is 13.5. The molecule has 2 N–H and O–H groups in total. The molecule has 0 amide bonds. The Hall–Kier alpha value is -2.45. The van der Waals surface area contributed by atoms with E-state index in [2.05, 4.69) is 15.1 Å². The van der Waals surface area contributed by atoms with Gasteiger partial charge < -0.3 is 0 Å². The zero-order chi connectivity index (χ0) is 24.0. The van der Waals surface area contributed by atoms with Gasteiger partial charge in [-0.15, -0.1) is 0 Å². The Balaban J connectivity index is 1.76. The summed E-state index contributed by atoms with van der Waals surface area (Å²) >= 11 is 0. The summed E-state index contributed by atoms with van der Waals surface area (Å²) in [5.74, 6) is -1.63. The van der Waals surface area contributed by atoms with E-state index in [9.17, 15) is 25.6 Å². The van der Waals surface area contributed by atoms with Crippen LogP contribution in [0.25, 0.3) is 0 Å². The van der Waals surface area contributed by atoms with Gasteiger partial charge in [-0.2, -0.15) is 22.6 Å². The van der Waals surface area contributed by atoms with E-state index in [1.807, 2.05) is 0 Å². The van der Waals surface area contributed by atoms with E-state index >= 15 is 0 Å². The lowest BCUT2D eigenvalue weighted by Crippen LogP contribution is -2.60. The van der Waals surface area contributed by atoms with Crippen LogP contribution in [0.3, 0.4) is 0 Å². The zero-order valence-electron chi connectivity index (χ0n) is 17.9. The highest BCUT2D eigenvalue weighted by molar-refractivity contribution is 7.91. The minimum Gasteiger partial charge on any atom is -0.224 e. The van der Waals surface area contributed by atoms with Crippen molar-refractivity contribution in [2.75, 3.05) is 14.1 Å². The van der Waals surface area contributed by atoms with Crippen molar-refractivity contribution in [1.29, 1.82) is 0 Å². The standard InChI is InChI=1S/C20H23F2N5O4S2/c1-26(2)33(30,31)27-19(15-5-11-18(22)12-6-15)24-20(25-27,16-7-8-16)32(28,29)23-13-14-3-9-17(21)10-4-14/h3-6,9-12,16,23,25H,7-8,13H2,1-2H3. The maximum absolute atomic E-state index is 13.5. The lowest BCUT2D eigenvalue weighted by molar-refractivity contribution is 0.317. The number of hydrogen-bond acceptors (Lipinski definition) is 6. The van der Waals surface area contributed by atoms with Crippen LogP contribution in [0.2, 0.25) is 0 Å². The van der Waals surface area contributed by atoms with Gasteiger partial charge in [0.2, 0.25) is 4.99 Å². The number of nitrogens with zero attached hydrogens (tertiary/aromatic N) is 3. The molecule has 1 heterocycles. The molecule has 1 aliphatic heterocycles. The number of amidine groups is 1. The Labute approximate surface area is 191 Å². The van der Waals surface area contributed by atoms with Crippen molar-refractivity contribution >= 4 is 26.1 Å². The molecule has 0 bridgehead atoms. The van der Waals surface area contributed by atoms with Crippen LogP contribution in [-0.2, 0) is 26.8 Å². The third-order valence-corrected chi connectivity index (χ3v) is 8.95. The van der Waals surface area contributed by atoms with Gasteiger partial charge in [-0.05, 0) is 54.8 Å². The summed E-state index contributed by atoms with van der Waals surface area (Å²) in [5, 5.41) is 0. The first kappa shape index (κ1) is 23.7. The van der Waals surface area contributed by atoms with Gasteiger partial charge in [0.25, 0.3) is 10.0 Å². The second-order valence-electron chi connectivity index (χ2n) is 8.03. The first-order valence-electron chi connectivity index (χ1n) is 10.1. The van der Waals surface area contributed by atoms with Crippen molar-refractivity contribution in [2.24, 2.45) is 10.9 Å². The zero-order valence-corrected chi connectivity index (χ0v) is 19.5. The monoisotopic (exact) mass is 499 g/mol. The maximum Gasteiger partial charge on any atom is 0.318 e. The summed E-state index contributed by atoms with van der Waals surface area (Å²) in [7, 11) is -5.87. The van der Waals surface area contributed by atoms with Gasteiger partial charge in [-0.1, -0.05) is 12.1 Å². The second kappa shape index (κ2) is 8.40. The van der Waals surface area contributed by atoms with Crippen molar-refractivity contribution < 1.29 is 25.6 Å². The molecule has 0 saturated heterocycles. The average molecular weight is 500 g/mol. The summed E-state index contributed by atoms with van der Waals surface area (Å²) in [6.07, 6.45) is 1.03. The molecular formula is C20H23F2N5O4S2. The number of halogens is 2. The molecule has 0 spiro atoms. The van der Waals surface area contributed by atoms with Crippen molar-refractivity contribution in [3.05, 3.63) is 71.3 Å². The Kier molecular flexibility index (Phi) is 6.03. The lowest BCUT2D eigenvalue weighted by Gasteiger charge is -2.30. The minimum atomic E-state index is -4.28. The molecule has 1 aliphatic carbocycles. The molecule has 178 valence electrons. The summed E-state index contributed by atoms with van der Waals surface area (Å²) in [6, 6.07) is 10.2. The normalized spacial score (nSPS) is 21.5. The van der Waals surface area contributed by atoms with E-state index in [1.54, 1.807) is 0 Å². The molecule has 1 fully saturated rings. The fourth-order valence-corrected chi connectivity index (χ4v) is 6.10. The highest BCUT2D eigenvalue weighted by Gasteiger charge is 2.61. The largest absolute Gasteiger partial charge is 0.318 e. The van der Waals surface area contributed by atoms with E-state index in [0.717, 1.165) is 20.9 Å². The number of rotatable bonds is 8. The van der Waals surface area contributed by atoms with Gasteiger partial charge in [-0.25, -0.2) is 26.9 Å². The molecule has 33 heavy (non-hydrogen) atoms. The molecule has 2 aromatic carbocycles. The Morgan fingerprint density at radius 1 is 1.03 bits per heavy atom. The number of sulfonamides is 1. The molecular weight excluding hydrogens is 476 g/mol. The van der Waals surface area contributed by atoms with Gasteiger partial charge in [-0.3, -0.25) is 0 Å². The molecule has 9 nitrogen and oxygen atoms in total. The molecule has 2 aliphatic rings. The van der Waals surface area contributed by atoms with Gasteiger partial charge in [0.1, 0.15) is 11.6 Å². The molecule has 4 rings (SSSR count). The smallest absolute Gasteiger partial charge is 0.224 e. The van der Waals surface area contributed by atoms with Gasteiger partial charge in [0.05, 0.1) is 0 Å². The number of nitrogens with one attached hydrogen (secondary N) is 2. The highest BCUT2D eigenvalue weighted by atomic mass is 32.2. The molecule has 13 heteroatoms. The highest BCUT2D eigenvalue weighted by Crippen LogP contribution is 2.46. The average Bonchev–Trinajstić information content (AvgIpc) is 3.53. The van der Waals surface area contributed by atoms with Crippen molar-refractivity contribution in [3.8, 4) is 0 Å². The van der Waals surface area contributed by atoms with Crippen molar-refractivity contribution in [3.63, 3.8) is 0 Å². The van der Waals surface area contributed by atoms with Crippen LogP contribution in [0, 0.1) is 17.6 Å². The van der Waals surface area contributed by atoms with Gasteiger partial charge >= 0.3 is 10.2 Å². The van der Waals surface area contributed by atoms with Crippen molar-refractivity contribution in [1.82, 2.24) is 18.9 Å². The fourth-order valence-electron chi connectivity index (χ4n) is 3.42. The minimum absolute atomic E-state index is 0.138.